The van der Waals surface area contributed by atoms with Gasteiger partial charge in [0, 0.05) is 12.8 Å². The molecule has 4 nitrogen and oxygen atoms in total. The van der Waals surface area contributed by atoms with Gasteiger partial charge in [0.15, 0.2) is 0 Å². The van der Waals surface area contributed by atoms with E-state index in [1.165, 1.54) is 12.1 Å². The number of hydrogen-bond donors (Lipinski definition) is 1. The van der Waals surface area contributed by atoms with E-state index in [0.717, 1.165) is 6.07 Å². The molecule has 0 saturated heterocycles. The fourth-order valence-electron chi connectivity index (χ4n) is 2.01. The molecule has 0 bridgehead atoms. The Morgan fingerprint density at radius 3 is 2.59 bits per heavy atom. The number of aliphatic carboxylic acids is 1. The summed E-state index contributed by atoms with van der Waals surface area (Å²) < 4.78 is 13.1. The number of halogens is 1. The lowest BCUT2D eigenvalue weighted by Crippen LogP contribution is -2.48. The van der Waals surface area contributed by atoms with Crippen LogP contribution in [0.3, 0.4) is 0 Å². The number of benzene rings is 1. The van der Waals surface area contributed by atoms with E-state index in [2.05, 4.69) is 0 Å². The SMILES string of the molecule is N#Cc1cc(C2(C(=O)O)CC(=O)C2)ccc1F. The van der Waals surface area contributed by atoms with Crippen molar-refractivity contribution in [2.75, 3.05) is 0 Å². The molecular weight excluding hydrogens is 225 g/mol. The first-order valence-corrected chi connectivity index (χ1v) is 4.95. The number of rotatable bonds is 2. The van der Waals surface area contributed by atoms with Gasteiger partial charge in [-0.15, -0.1) is 0 Å². The summed E-state index contributed by atoms with van der Waals surface area (Å²) in [7, 11) is 0. The Balaban J connectivity index is 2.50. The van der Waals surface area contributed by atoms with Gasteiger partial charge in [-0.25, -0.2) is 4.39 Å². The molecule has 0 aliphatic heterocycles. The maximum absolute atomic E-state index is 13.1. The van der Waals surface area contributed by atoms with Crippen molar-refractivity contribution in [3.05, 3.63) is 35.1 Å². The van der Waals surface area contributed by atoms with E-state index in [9.17, 15) is 14.0 Å². The van der Waals surface area contributed by atoms with Gasteiger partial charge in [-0.05, 0) is 17.7 Å². The number of hydrogen-bond acceptors (Lipinski definition) is 3. The fourth-order valence-corrected chi connectivity index (χ4v) is 2.01. The number of carbonyl (C=O) groups is 2. The molecule has 1 aliphatic carbocycles. The van der Waals surface area contributed by atoms with Crippen LogP contribution in [-0.2, 0) is 15.0 Å². The van der Waals surface area contributed by atoms with E-state index in [0.29, 0.717) is 5.56 Å². The van der Waals surface area contributed by atoms with E-state index in [1.54, 1.807) is 6.07 Å². The van der Waals surface area contributed by atoms with Gasteiger partial charge in [0.25, 0.3) is 0 Å². The second-order valence-electron chi connectivity index (χ2n) is 4.09. The first kappa shape index (κ1) is 11.3. The Hall–Kier alpha value is -2.22. The first-order chi connectivity index (χ1) is 7.99. The molecule has 5 heteroatoms. The lowest BCUT2D eigenvalue weighted by Gasteiger charge is -2.36. The third-order valence-electron chi connectivity index (χ3n) is 3.05. The van der Waals surface area contributed by atoms with Crippen molar-refractivity contribution in [1.82, 2.24) is 0 Å². The highest BCUT2D eigenvalue weighted by Gasteiger charge is 2.51. The Bertz CT molecular complexity index is 551. The molecule has 0 spiro atoms. The Morgan fingerprint density at radius 2 is 2.12 bits per heavy atom. The first-order valence-electron chi connectivity index (χ1n) is 4.95. The molecule has 0 aromatic heterocycles. The highest BCUT2D eigenvalue weighted by atomic mass is 19.1. The van der Waals surface area contributed by atoms with Gasteiger partial charge in [0.1, 0.15) is 23.1 Å². The van der Waals surface area contributed by atoms with E-state index < -0.39 is 17.2 Å². The number of ketones is 1. The number of Topliss-reactive ketones (excluding diaryl/α,β-unsaturated/α-hetero) is 1. The third-order valence-corrected chi connectivity index (χ3v) is 3.05. The highest BCUT2D eigenvalue weighted by molar-refractivity contribution is 6.01. The summed E-state index contributed by atoms with van der Waals surface area (Å²) in [6.45, 7) is 0. The second-order valence-corrected chi connectivity index (χ2v) is 4.09. The fraction of sp³-hybridized carbons (Fsp3) is 0.250. The van der Waals surface area contributed by atoms with Crippen LogP contribution in [0.1, 0.15) is 24.0 Å². The van der Waals surface area contributed by atoms with E-state index >= 15 is 0 Å². The molecule has 1 aliphatic rings. The summed E-state index contributed by atoms with van der Waals surface area (Å²) in [5.41, 5.74) is -1.18. The summed E-state index contributed by atoms with van der Waals surface area (Å²) in [4.78, 5) is 22.2. The smallest absolute Gasteiger partial charge is 0.315 e. The van der Waals surface area contributed by atoms with Crippen LogP contribution in [0, 0.1) is 17.1 Å². The zero-order valence-electron chi connectivity index (χ0n) is 8.74. The van der Waals surface area contributed by atoms with Crippen LogP contribution in [0.2, 0.25) is 0 Å². The van der Waals surface area contributed by atoms with Crippen molar-refractivity contribution in [3.8, 4) is 6.07 Å². The molecule has 0 atom stereocenters. The summed E-state index contributed by atoms with van der Waals surface area (Å²) in [5, 5.41) is 17.8. The molecule has 1 N–H and O–H groups in total. The molecule has 0 heterocycles. The van der Waals surface area contributed by atoms with Gasteiger partial charge >= 0.3 is 5.97 Å². The van der Waals surface area contributed by atoms with Crippen molar-refractivity contribution in [2.24, 2.45) is 0 Å². The zero-order valence-corrected chi connectivity index (χ0v) is 8.74. The average Bonchev–Trinajstić information content (AvgIpc) is 2.25. The van der Waals surface area contributed by atoms with Gasteiger partial charge in [-0.2, -0.15) is 5.26 Å². The van der Waals surface area contributed by atoms with Crippen molar-refractivity contribution >= 4 is 11.8 Å². The average molecular weight is 233 g/mol. The van der Waals surface area contributed by atoms with Crippen LogP contribution in [-0.4, -0.2) is 16.9 Å². The van der Waals surface area contributed by atoms with Crippen molar-refractivity contribution in [1.29, 1.82) is 5.26 Å². The molecule has 0 radical (unpaired) electrons. The summed E-state index contributed by atoms with van der Waals surface area (Å²) in [5.74, 6) is -1.95. The quantitative estimate of drug-likeness (QED) is 0.837. The molecule has 17 heavy (non-hydrogen) atoms. The summed E-state index contributed by atoms with van der Waals surface area (Å²) >= 11 is 0. The molecular formula is C12H8FNO3. The number of carbonyl (C=O) groups excluding carboxylic acids is 1. The van der Waals surface area contributed by atoms with Crippen LogP contribution in [0.25, 0.3) is 0 Å². The molecule has 1 aromatic rings. The minimum atomic E-state index is -1.28. The van der Waals surface area contributed by atoms with Gasteiger partial charge in [-0.3, -0.25) is 9.59 Å². The topological polar surface area (TPSA) is 78.2 Å². The van der Waals surface area contributed by atoms with Gasteiger partial charge in [-0.1, -0.05) is 6.07 Å². The second kappa shape index (κ2) is 3.67. The van der Waals surface area contributed by atoms with Crippen molar-refractivity contribution < 1.29 is 19.1 Å². The number of nitriles is 1. The molecule has 86 valence electrons. The maximum atomic E-state index is 13.1. The molecule has 0 amide bonds. The Kier molecular flexibility index (Phi) is 2.43. The van der Waals surface area contributed by atoms with Gasteiger partial charge < -0.3 is 5.11 Å². The lowest BCUT2D eigenvalue weighted by molar-refractivity contribution is -0.153. The maximum Gasteiger partial charge on any atom is 0.315 e. The number of carboxylic acids is 1. The van der Waals surface area contributed by atoms with Crippen LogP contribution < -0.4 is 0 Å². The normalized spacial score (nSPS) is 17.1. The van der Waals surface area contributed by atoms with Crippen molar-refractivity contribution in [2.45, 2.75) is 18.3 Å². The standard InChI is InChI=1S/C12H8FNO3/c13-10-2-1-8(3-7(10)6-14)12(11(16)17)4-9(15)5-12/h1-3H,4-5H2,(H,16,17). The minimum Gasteiger partial charge on any atom is -0.481 e. The lowest BCUT2D eigenvalue weighted by atomic mass is 9.63. The largest absolute Gasteiger partial charge is 0.481 e. The van der Waals surface area contributed by atoms with Crippen LogP contribution in [0.15, 0.2) is 18.2 Å². The van der Waals surface area contributed by atoms with Gasteiger partial charge in [0.05, 0.1) is 5.56 Å². The Morgan fingerprint density at radius 1 is 1.47 bits per heavy atom. The number of carboxylic acid groups (broad SMARTS) is 1. The van der Waals surface area contributed by atoms with E-state index in [1.807, 2.05) is 0 Å². The summed E-state index contributed by atoms with van der Waals surface area (Å²) in [6, 6.07) is 5.23. The minimum absolute atomic E-state index is 0.0984. The van der Waals surface area contributed by atoms with Gasteiger partial charge in [0.2, 0.25) is 0 Å². The van der Waals surface area contributed by atoms with Crippen LogP contribution >= 0.6 is 0 Å². The molecule has 1 saturated carbocycles. The summed E-state index contributed by atoms with van der Waals surface area (Å²) in [6.07, 6.45) is -0.197. The Labute approximate surface area is 96.3 Å². The van der Waals surface area contributed by atoms with Crippen molar-refractivity contribution in [3.63, 3.8) is 0 Å². The van der Waals surface area contributed by atoms with Crippen LogP contribution in [0.5, 0.6) is 0 Å². The monoisotopic (exact) mass is 233 g/mol. The van der Waals surface area contributed by atoms with E-state index in [4.69, 9.17) is 10.4 Å². The molecule has 1 aromatic carbocycles. The molecule has 0 unspecified atom stereocenters. The zero-order chi connectivity index (χ0) is 12.6. The highest BCUT2D eigenvalue weighted by Crippen LogP contribution is 2.41. The predicted octanol–water partition coefficient (Wildman–Crippen LogP) is 1.38. The molecule has 2 rings (SSSR count). The predicted molar refractivity (Wildman–Crippen MR) is 54.7 cm³/mol. The number of nitrogens with zero attached hydrogens (tertiary/aromatic N) is 1. The third kappa shape index (κ3) is 1.58. The molecule has 1 fully saturated rings. The van der Waals surface area contributed by atoms with Crippen LogP contribution in [0.4, 0.5) is 4.39 Å². The van der Waals surface area contributed by atoms with E-state index in [-0.39, 0.29) is 24.2 Å².